The SMILES string of the molecule is Fc1ccc(C(=NNc2ncc(C(F)(F)F)cc2Cl)C2CC2)cc1. The molecule has 126 valence electrons. The van der Waals surface area contributed by atoms with E-state index in [1.807, 2.05) is 0 Å². The van der Waals surface area contributed by atoms with Crippen molar-refractivity contribution in [2.45, 2.75) is 19.0 Å². The Labute approximate surface area is 140 Å². The van der Waals surface area contributed by atoms with Gasteiger partial charge in [-0.2, -0.15) is 18.3 Å². The Morgan fingerprint density at radius 1 is 1.21 bits per heavy atom. The maximum absolute atomic E-state index is 13.0. The highest BCUT2D eigenvalue weighted by Gasteiger charge is 2.32. The number of halogens is 5. The van der Waals surface area contributed by atoms with Crippen LogP contribution in [0.15, 0.2) is 41.6 Å². The highest BCUT2D eigenvalue weighted by molar-refractivity contribution is 6.33. The van der Waals surface area contributed by atoms with E-state index in [1.54, 1.807) is 12.1 Å². The van der Waals surface area contributed by atoms with Gasteiger partial charge in [-0.1, -0.05) is 23.7 Å². The van der Waals surface area contributed by atoms with E-state index in [-0.39, 0.29) is 22.6 Å². The molecule has 0 aliphatic heterocycles. The number of hydrazone groups is 1. The summed E-state index contributed by atoms with van der Waals surface area (Å²) in [5.74, 6) is -0.0876. The number of aromatic nitrogens is 1. The van der Waals surface area contributed by atoms with Crippen molar-refractivity contribution in [1.29, 1.82) is 0 Å². The van der Waals surface area contributed by atoms with Crippen molar-refractivity contribution in [2.24, 2.45) is 11.0 Å². The summed E-state index contributed by atoms with van der Waals surface area (Å²) in [6.45, 7) is 0. The normalized spacial score (nSPS) is 15.5. The van der Waals surface area contributed by atoms with Crippen LogP contribution in [-0.4, -0.2) is 10.7 Å². The van der Waals surface area contributed by atoms with E-state index in [0.717, 1.165) is 24.5 Å². The van der Waals surface area contributed by atoms with Crippen molar-refractivity contribution < 1.29 is 17.6 Å². The maximum atomic E-state index is 13.0. The molecule has 0 saturated heterocycles. The van der Waals surface area contributed by atoms with Gasteiger partial charge >= 0.3 is 6.18 Å². The fraction of sp³-hybridized carbons (Fsp3) is 0.250. The van der Waals surface area contributed by atoms with E-state index >= 15 is 0 Å². The maximum Gasteiger partial charge on any atom is 0.417 e. The minimum Gasteiger partial charge on any atom is -0.260 e. The number of hydrogen-bond acceptors (Lipinski definition) is 3. The molecule has 0 radical (unpaired) electrons. The molecule has 0 spiro atoms. The zero-order valence-electron chi connectivity index (χ0n) is 12.2. The van der Waals surface area contributed by atoms with Gasteiger partial charge in [-0.25, -0.2) is 9.37 Å². The Bertz CT molecular complexity index is 768. The van der Waals surface area contributed by atoms with Crippen LogP contribution in [0, 0.1) is 11.7 Å². The first-order valence-corrected chi connectivity index (χ1v) is 7.54. The monoisotopic (exact) mass is 357 g/mol. The minimum absolute atomic E-state index is 0.0323. The molecule has 24 heavy (non-hydrogen) atoms. The molecule has 1 aliphatic rings. The Hall–Kier alpha value is -2.15. The number of rotatable bonds is 4. The number of pyridine rings is 1. The predicted octanol–water partition coefficient (Wildman–Crippen LogP) is 5.12. The summed E-state index contributed by atoms with van der Waals surface area (Å²) < 4.78 is 50.8. The standard InChI is InChI=1S/C16H12ClF4N3/c17-13-7-11(16(19,20)21)8-22-15(13)24-23-14(9-1-2-9)10-3-5-12(18)6-4-10/h3-9H,1-2H2,(H,22,24). The molecular formula is C16H12ClF4N3. The molecule has 1 aromatic heterocycles. The van der Waals surface area contributed by atoms with Crippen LogP contribution in [0.4, 0.5) is 23.4 Å². The van der Waals surface area contributed by atoms with Crippen molar-refractivity contribution in [3.8, 4) is 0 Å². The average Bonchev–Trinajstić information content (AvgIpc) is 3.34. The van der Waals surface area contributed by atoms with E-state index in [9.17, 15) is 17.6 Å². The van der Waals surface area contributed by atoms with Crippen LogP contribution in [0.2, 0.25) is 5.02 Å². The summed E-state index contributed by atoms with van der Waals surface area (Å²) in [7, 11) is 0. The van der Waals surface area contributed by atoms with Crippen LogP contribution < -0.4 is 5.43 Å². The lowest BCUT2D eigenvalue weighted by Gasteiger charge is -2.10. The van der Waals surface area contributed by atoms with Gasteiger partial charge in [-0.3, -0.25) is 5.43 Å². The molecule has 2 aromatic rings. The summed E-state index contributed by atoms with van der Waals surface area (Å²) in [4.78, 5) is 3.67. The van der Waals surface area contributed by atoms with Crippen LogP contribution in [0.25, 0.3) is 0 Å². The van der Waals surface area contributed by atoms with Gasteiger partial charge in [-0.15, -0.1) is 0 Å². The minimum atomic E-state index is -4.51. The highest BCUT2D eigenvalue weighted by atomic mass is 35.5. The number of anilines is 1. The molecule has 0 bridgehead atoms. The van der Waals surface area contributed by atoms with E-state index in [1.165, 1.54) is 12.1 Å². The van der Waals surface area contributed by atoms with Crippen LogP contribution >= 0.6 is 11.6 Å². The van der Waals surface area contributed by atoms with Crippen molar-refractivity contribution in [1.82, 2.24) is 4.98 Å². The highest BCUT2D eigenvalue weighted by Crippen LogP contribution is 2.34. The molecule has 1 fully saturated rings. The summed E-state index contributed by atoms with van der Waals surface area (Å²) in [6, 6.07) is 6.67. The molecule has 1 aliphatic carbocycles. The molecule has 1 N–H and O–H groups in total. The summed E-state index contributed by atoms with van der Waals surface area (Å²) in [5.41, 5.74) is 3.13. The zero-order chi connectivity index (χ0) is 17.3. The largest absolute Gasteiger partial charge is 0.417 e. The molecule has 1 saturated carbocycles. The van der Waals surface area contributed by atoms with Gasteiger partial charge in [0.2, 0.25) is 0 Å². The first kappa shape index (κ1) is 16.7. The lowest BCUT2D eigenvalue weighted by Crippen LogP contribution is -2.09. The quantitative estimate of drug-likeness (QED) is 0.468. The van der Waals surface area contributed by atoms with Crippen LogP contribution in [0.1, 0.15) is 24.0 Å². The van der Waals surface area contributed by atoms with Crippen molar-refractivity contribution in [3.63, 3.8) is 0 Å². The zero-order valence-corrected chi connectivity index (χ0v) is 13.0. The lowest BCUT2D eigenvalue weighted by atomic mass is 10.1. The Morgan fingerprint density at radius 3 is 2.42 bits per heavy atom. The average molecular weight is 358 g/mol. The van der Waals surface area contributed by atoms with E-state index < -0.39 is 11.7 Å². The van der Waals surface area contributed by atoms with E-state index in [4.69, 9.17) is 11.6 Å². The summed E-state index contributed by atoms with van der Waals surface area (Å²) >= 11 is 5.84. The topological polar surface area (TPSA) is 37.3 Å². The van der Waals surface area contributed by atoms with Crippen LogP contribution in [0.5, 0.6) is 0 Å². The van der Waals surface area contributed by atoms with Crippen molar-refractivity contribution in [3.05, 3.63) is 58.5 Å². The van der Waals surface area contributed by atoms with Crippen LogP contribution in [0.3, 0.4) is 0 Å². The third kappa shape index (κ3) is 3.84. The fourth-order valence-electron chi connectivity index (χ4n) is 2.16. The Balaban J connectivity index is 1.84. The number of alkyl halides is 3. The molecule has 3 nitrogen and oxygen atoms in total. The van der Waals surface area contributed by atoms with Crippen molar-refractivity contribution in [2.75, 3.05) is 5.43 Å². The predicted molar refractivity (Wildman–Crippen MR) is 83.5 cm³/mol. The number of benzene rings is 1. The van der Waals surface area contributed by atoms with E-state index in [0.29, 0.717) is 11.9 Å². The molecule has 8 heteroatoms. The van der Waals surface area contributed by atoms with Gasteiger partial charge in [0.15, 0.2) is 5.82 Å². The second-order valence-corrected chi connectivity index (χ2v) is 5.85. The second kappa shape index (κ2) is 6.39. The number of hydrogen-bond donors (Lipinski definition) is 1. The molecule has 3 rings (SSSR count). The first-order valence-electron chi connectivity index (χ1n) is 7.17. The smallest absolute Gasteiger partial charge is 0.260 e. The van der Waals surface area contributed by atoms with Crippen LogP contribution in [-0.2, 0) is 6.18 Å². The summed E-state index contributed by atoms with van der Waals surface area (Å²) in [5, 5.41) is 4.05. The molecule has 0 amide bonds. The fourth-order valence-corrected chi connectivity index (χ4v) is 2.37. The second-order valence-electron chi connectivity index (χ2n) is 5.44. The van der Waals surface area contributed by atoms with Gasteiger partial charge in [0.1, 0.15) is 5.82 Å². The molecular weight excluding hydrogens is 346 g/mol. The van der Waals surface area contributed by atoms with Gasteiger partial charge < -0.3 is 0 Å². The Morgan fingerprint density at radius 2 is 1.88 bits per heavy atom. The molecule has 0 atom stereocenters. The first-order chi connectivity index (χ1) is 11.3. The lowest BCUT2D eigenvalue weighted by molar-refractivity contribution is -0.137. The molecule has 0 unspecified atom stereocenters. The van der Waals surface area contributed by atoms with Gasteiger partial charge in [0, 0.05) is 12.1 Å². The van der Waals surface area contributed by atoms with Gasteiger partial charge in [0.05, 0.1) is 16.3 Å². The third-order valence-corrected chi connectivity index (χ3v) is 3.84. The molecule has 1 aromatic carbocycles. The third-order valence-electron chi connectivity index (χ3n) is 3.55. The molecule has 1 heterocycles. The summed E-state index contributed by atoms with van der Waals surface area (Å²) in [6.07, 6.45) is -1.91. The van der Waals surface area contributed by atoms with Crippen molar-refractivity contribution >= 4 is 23.1 Å². The van der Waals surface area contributed by atoms with E-state index in [2.05, 4.69) is 15.5 Å². The Kier molecular flexibility index (Phi) is 4.45. The number of nitrogens with one attached hydrogen (secondary N) is 1. The van der Waals surface area contributed by atoms with Gasteiger partial charge in [0.25, 0.3) is 0 Å². The number of nitrogens with zero attached hydrogens (tertiary/aromatic N) is 2. The van der Waals surface area contributed by atoms with Gasteiger partial charge in [-0.05, 0) is 36.6 Å².